The lowest BCUT2D eigenvalue weighted by atomic mass is 10.1. The number of hydrogen-bond acceptors (Lipinski definition) is 2. The minimum absolute atomic E-state index is 0.344. The van der Waals surface area contributed by atoms with Crippen LogP contribution in [0.3, 0.4) is 0 Å². The molecule has 1 aromatic heterocycles. The highest BCUT2D eigenvalue weighted by Crippen LogP contribution is 2.37. The van der Waals surface area contributed by atoms with Gasteiger partial charge in [0.1, 0.15) is 0 Å². The summed E-state index contributed by atoms with van der Waals surface area (Å²) in [5.74, 6) is -0.886. The van der Waals surface area contributed by atoms with Crippen molar-refractivity contribution in [1.82, 2.24) is 9.78 Å². The average molecular weight is 202 g/mol. The van der Waals surface area contributed by atoms with E-state index in [0.717, 1.165) is 23.7 Å². The third-order valence-corrected chi connectivity index (χ3v) is 2.74. The number of rotatable bonds is 2. The summed E-state index contributed by atoms with van der Waals surface area (Å²) in [7, 11) is 0. The second-order valence-corrected chi connectivity index (χ2v) is 3.87. The maximum atomic E-state index is 11.1. The molecule has 1 heterocycles. The van der Waals surface area contributed by atoms with Crippen LogP contribution in [-0.2, 0) is 0 Å². The van der Waals surface area contributed by atoms with Crippen molar-refractivity contribution in [2.75, 3.05) is 0 Å². The molecule has 4 nitrogen and oxygen atoms in total. The van der Waals surface area contributed by atoms with Crippen molar-refractivity contribution >= 4 is 16.9 Å². The Balaban J connectivity index is 2.33. The number of hydrogen-bond donors (Lipinski definition) is 1. The molecule has 0 spiro atoms. The summed E-state index contributed by atoms with van der Waals surface area (Å²) in [6, 6.07) is 5.69. The molecule has 1 N–H and O–H groups in total. The van der Waals surface area contributed by atoms with Crippen LogP contribution < -0.4 is 0 Å². The lowest BCUT2D eigenvalue weighted by Gasteiger charge is -2.03. The number of benzene rings is 1. The van der Waals surface area contributed by atoms with E-state index in [1.54, 1.807) is 18.3 Å². The molecule has 15 heavy (non-hydrogen) atoms. The van der Waals surface area contributed by atoms with E-state index in [4.69, 9.17) is 5.11 Å². The van der Waals surface area contributed by atoms with Crippen LogP contribution in [0.4, 0.5) is 0 Å². The molecular weight excluding hydrogens is 192 g/mol. The maximum Gasteiger partial charge on any atom is 0.337 e. The van der Waals surface area contributed by atoms with E-state index < -0.39 is 5.97 Å². The quantitative estimate of drug-likeness (QED) is 0.811. The highest BCUT2D eigenvalue weighted by atomic mass is 16.4. The van der Waals surface area contributed by atoms with Crippen LogP contribution in [0.15, 0.2) is 24.4 Å². The zero-order valence-corrected chi connectivity index (χ0v) is 8.05. The molecule has 2 aromatic rings. The van der Waals surface area contributed by atoms with Crippen molar-refractivity contribution in [2.24, 2.45) is 0 Å². The molecule has 0 bridgehead atoms. The first-order chi connectivity index (χ1) is 7.27. The molecule has 1 aliphatic rings. The number of nitrogens with zero attached hydrogens (tertiary/aromatic N) is 2. The number of carboxylic acids is 1. The van der Waals surface area contributed by atoms with Crippen molar-refractivity contribution < 1.29 is 9.90 Å². The van der Waals surface area contributed by atoms with Gasteiger partial charge < -0.3 is 5.11 Å². The van der Waals surface area contributed by atoms with Gasteiger partial charge in [-0.05, 0) is 18.9 Å². The van der Waals surface area contributed by atoms with E-state index in [9.17, 15) is 4.79 Å². The number of aromatic carboxylic acids is 1. The second kappa shape index (κ2) is 2.82. The minimum atomic E-state index is -0.886. The van der Waals surface area contributed by atoms with E-state index in [-0.39, 0.29) is 0 Å². The average Bonchev–Trinajstić information content (AvgIpc) is 2.97. The Hall–Kier alpha value is -1.84. The fraction of sp³-hybridized carbons (Fsp3) is 0.273. The van der Waals surface area contributed by atoms with Crippen LogP contribution in [0.25, 0.3) is 10.9 Å². The first-order valence-electron chi connectivity index (χ1n) is 4.97. The van der Waals surface area contributed by atoms with Crippen molar-refractivity contribution in [3.8, 4) is 0 Å². The molecule has 0 amide bonds. The molecule has 1 aliphatic carbocycles. The van der Waals surface area contributed by atoms with Gasteiger partial charge in [0, 0.05) is 5.39 Å². The van der Waals surface area contributed by atoms with E-state index in [0.29, 0.717) is 11.6 Å². The van der Waals surface area contributed by atoms with Gasteiger partial charge in [0.25, 0.3) is 0 Å². The molecule has 76 valence electrons. The molecule has 0 aliphatic heterocycles. The third kappa shape index (κ3) is 1.21. The fourth-order valence-electron chi connectivity index (χ4n) is 1.87. The van der Waals surface area contributed by atoms with Crippen LogP contribution in [0.5, 0.6) is 0 Å². The van der Waals surface area contributed by atoms with Crippen LogP contribution in [0.2, 0.25) is 0 Å². The summed E-state index contributed by atoms with van der Waals surface area (Å²) in [4.78, 5) is 11.1. The zero-order chi connectivity index (χ0) is 10.4. The zero-order valence-electron chi connectivity index (χ0n) is 8.05. The Kier molecular flexibility index (Phi) is 1.59. The first kappa shape index (κ1) is 8.47. The second-order valence-electron chi connectivity index (χ2n) is 3.87. The summed E-state index contributed by atoms with van der Waals surface area (Å²) in [5.41, 5.74) is 1.10. The van der Waals surface area contributed by atoms with Gasteiger partial charge in [0.05, 0.1) is 23.3 Å². The molecule has 0 radical (unpaired) electrons. The molecule has 1 aromatic carbocycles. The maximum absolute atomic E-state index is 11.1. The smallest absolute Gasteiger partial charge is 0.337 e. The number of carboxylic acid groups (broad SMARTS) is 1. The third-order valence-electron chi connectivity index (χ3n) is 2.74. The Morgan fingerprint density at radius 1 is 1.47 bits per heavy atom. The van der Waals surface area contributed by atoms with Crippen LogP contribution in [0.1, 0.15) is 29.2 Å². The molecule has 3 rings (SSSR count). The largest absolute Gasteiger partial charge is 0.478 e. The predicted octanol–water partition coefficient (Wildman–Crippen LogP) is 2.07. The molecule has 0 unspecified atom stereocenters. The topological polar surface area (TPSA) is 55.1 Å². The van der Waals surface area contributed by atoms with Gasteiger partial charge in [0.15, 0.2) is 0 Å². The van der Waals surface area contributed by atoms with Gasteiger partial charge in [-0.15, -0.1) is 0 Å². The van der Waals surface area contributed by atoms with Crippen LogP contribution in [-0.4, -0.2) is 20.9 Å². The predicted molar refractivity (Wildman–Crippen MR) is 55.0 cm³/mol. The lowest BCUT2D eigenvalue weighted by Crippen LogP contribution is -2.03. The van der Waals surface area contributed by atoms with Gasteiger partial charge in [-0.1, -0.05) is 12.1 Å². The Bertz CT molecular complexity index is 541. The van der Waals surface area contributed by atoms with E-state index in [1.807, 2.05) is 10.7 Å². The summed E-state index contributed by atoms with van der Waals surface area (Å²) in [6.45, 7) is 0. The molecular formula is C11H10N2O2. The number of fused-ring (bicyclic) bond motifs is 1. The SMILES string of the molecule is O=C(O)c1cccc2cnn(C3CC3)c12. The molecule has 0 atom stereocenters. The van der Waals surface area contributed by atoms with Gasteiger partial charge in [-0.25, -0.2) is 4.79 Å². The number of aromatic nitrogens is 2. The fourth-order valence-corrected chi connectivity index (χ4v) is 1.87. The van der Waals surface area contributed by atoms with Gasteiger partial charge in [-0.3, -0.25) is 4.68 Å². The van der Waals surface area contributed by atoms with Gasteiger partial charge in [-0.2, -0.15) is 5.10 Å². The van der Waals surface area contributed by atoms with Gasteiger partial charge in [0.2, 0.25) is 0 Å². The van der Waals surface area contributed by atoms with Crippen molar-refractivity contribution in [3.63, 3.8) is 0 Å². The Morgan fingerprint density at radius 3 is 2.93 bits per heavy atom. The first-order valence-corrected chi connectivity index (χ1v) is 4.97. The van der Waals surface area contributed by atoms with E-state index in [1.165, 1.54) is 0 Å². The summed E-state index contributed by atoms with van der Waals surface area (Å²) >= 11 is 0. The molecule has 4 heteroatoms. The number of carbonyl (C=O) groups is 1. The highest BCUT2D eigenvalue weighted by molar-refractivity contribution is 6.01. The Morgan fingerprint density at radius 2 is 2.27 bits per heavy atom. The van der Waals surface area contributed by atoms with Crippen LogP contribution in [0, 0.1) is 0 Å². The van der Waals surface area contributed by atoms with Crippen molar-refractivity contribution in [1.29, 1.82) is 0 Å². The molecule has 1 saturated carbocycles. The normalized spacial score (nSPS) is 15.7. The van der Waals surface area contributed by atoms with Crippen molar-refractivity contribution in [3.05, 3.63) is 30.0 Å². The number of para-hydroxylation sites is 1. The van der Waals surface area contributed by atoms with Crippen molar-refractivity contribution in [2.45, 2.75) is 18.9 Å². The standard InChI is InChI=1S/C11H10N2O2/c14-11(15)9-3-1-2-7-6-12-13(10(7)9)8-4-5-8/h1-3,6,8H,4-5H2,(H,14,15). The Labute approximate surface area is 86.1 Å². The summed E-state index contributed by atoms with van der Waals surface area (Å²) < 4.78 is 1.85. The van der Waals surface area contributed by atoms with Crippen LogP contribution >= 0.6 is 0 Å². The monoisotopic (exact) mass is 202 g/mol. The van der Waals surface area contributed by atoms with E-state index in [2.05, 4.69) is 5.10 Å². The highest BCUT2D eigenvalue weighted by Gasteiger charge is 2.27. The summed E-state index contributed by atoms with van der Waals surface area (Å²) in [6.07, 6.45) is 3.94. The lowest BCUT2D eigenvalue weighted by molar-refractivity contribution is 0.0698. The van der Waals surface area contributed by atoms with Gasteiger partial charge >= 0.3 is 5.97 Å². The minimum Gasteiger partial charge on any atom is -0.478 e. The van der Waals surface area contributed by atoms with E-state index >= 15 is 0 Å². The molecule has 0 saturated heterocycles. The molecule has 1 fully saturated rings. The summed E-state index contributed by atoms with van der Waals surface area (Å²) in [5, 5.41) is 14.2.